The average Bonchev–Trinajstić information content (AvgIpc) is 2.10. The largest absolute Gasteiger partial charge is 0.323 e. The van der Waals surface area contributed by atoms with E-state index in [9.17, 15) is 0 Å². The van der Waals surface area contributed by atoms with Crippen LogP contribution in [0.15, 0.2) is 0 Å². The van der Waals surface area contributed by atoms with Crippen molar-refractivity contribution in [2.45, 2.75) is 46.1 Å². The van der Waals surface area contributed by atoms with Crippen molar-refractivity contribution >= 4 is 0 Å². The van der Waals surface area contributed by atoms with Crippen LogP contribution < -0.4 is 5.73 Å². The zero-order valence-corrected chi connectivity index (χ0v) is 10.2. The zero-order chi connectivity index (χ0) is 10.8. The van der Waals surface area contributed by atoms with Gasteiger partial charge in [0.15, 0.2) is 0 Å². The number of likely N-dealkylation sites (tertiary alicyclic amines) is 1. The Bertz CT molecular complexity index is 164. The lowest BCUT2D eigenvalue weighted by Crippen LogP contribution is -2.70. The van der Waals surface area contributed by atoms with Crippen molar-refractivity contribution in [3.63, 3.8) is 0 Å². The third kappa shape index (κ3) is 2.48. The number of nitrogens with two attached hydrogens (primary N) is 1. The Morgan fingerprint density at radius 1 is 1.21 bits per heavy atom. The molecule has 0 atom stereocenters. The van der Waals surface area contributed by atoms with E-state index in [-0.39, 0.29) is 5.54 Å². The van der Waals surface area contributed by atoms with E-state index in [0.29, 0.717) is 5.92 Å². The molecule has 2 N–H and O–H groups in total. The summed E-state index contributed by atoms with van der Waals surface area (Å²) in [5.41, 5.74) is 6.36. The van der Waals surface area contributed by atoms with Gasteiger partial charge in [-0.2, -0.15) is 0 Å². The first-order valence-corrected chi connectivity index (χ1v) is 6.03. The van der Waals surface area contributed by atoms with E-state index in [1.807, 2.05) is 0 Å². The van der Waals surface area contributed by atoms with Gasteiger partial charge in [0.2, 0.25) is 0 Å². The first kappa shape index (κ1) is 12.0. The van der Waals surface area contributed by atoms with E-state index >= 15 is 0 Å². The van der Waals surface area contributed by atoms with Crippen LogP contribution >= 0.6 is 0 Å². The van der Waals surface area contributed by atoms with E-state index < -0.39 is 0 Å². The molecule has 14 heavy (non-hydrogen) atoms. The smallest absolute Gasteiger partial charge is 0.0435 e. The van der Waals surface area contributed by atoms with Gasteiger partial charge in [-0.25, -0.2) is 0 Å². The molecule has 0 spiro atoms. The Balaban J connectivity index is 2.27. The van der Waals surface area contributed by atoms with Gasteiger partial charge < -0.3 is 5.73 Å². The van der Waals surface area contributed by atoms with E-state index in [1.54, 1.807) is 0 Å². The summed E-state index contributed by atoms with van der Waals surface area (Å²) in [7, 11) is 0. The second kappa shape index (κ2) is 4.63. The van der Waals surface area contributed by atoms with Crippen LogP contribution in [-0.4, -0.2) is 30.1 Å². The van der Waals surface area contributed by atoms with E-state index in [1.165, 1.54) is 19.4 Å². The SMILES string of the molecule is CCC(CC)CN1CC(N)(C(C)C)C1. The zero-order valence-electron chi connectivity index (χ0n) is 10.2. The van der Waals surface area contributed by atoms with Crippen LogP contribution in [0.1, 0.15) is 40.5 Å². The van der Waals surface area contributed by atoms with Crippen LogP contribution in [0, 0.1) is 11.8 Å². The Morgan fingerprint density at radius 3 is 2.07 bits per heavy atom. The first-order valence-electron chi connectivity index (χ1n) is 6.03. The monoisotopic (exact) mass is 198 g/mol. The number of hydrogen-bond acceptors (Lipinski definition) is 2. The van der Waals surface area contributed by atoms with E-state index in [0.717, 1.165) is 19.0 Å². The molecular formula is C12H26N2. The fourth-order valence-electron chi connectivity index (χ4n) is 2.19. The molecular weight excluding hydrogens is 172 g/mol. The lowest BCUT2D eigenvalue weighted by atomic mass is 9.79. The Hall–Kier alpha value is -0.0800. The highest BCUT2D eigenvalue weighted by Gasteiger charge is 2.41. The second-order valence-corrected chi connectivity index (χ2v) is 5.24. The molecule has 1 saturated heterocycles. The van der Waals surface area contributed by atoms with Crippen LogP contribution in [0.3, 0.4) is 0 Å². The minimum atomic E-state index is 0.103. The predicted octanol–water partition coefficient (Wildman–Crippen LogP) is 2.09. The van der Waals surface area contributed by atoms with Crippen molar-refractivity contribution in [2.24, 2.45) is 17.6 Å². The normalized spacial score (nSPS) is 21.6. The molecule has 1 aliphatic rings. The van der Waals surface area contributed by atoms with Gasteiger partial charge in [-0.05, 0) is 11.8 Å². The molecule has 0 saturated carbocycles. The lowest BCUT2D eigenvalue weighted by molar-refractivity contribution is 0.0244. The van der Waals surface area contributed by atoms with Gasteiger partial charge >= 0.3 is 0 Å². The molecule has 2 nitrogen and oxygen atoms in total. The second-order valence-electron chi connectivity index (χ2n) is 5.24. The average molecular weight is 198 g/mol. The molecule has 1 rings (SSSR count). The summed E-state index contributed by atoms with van der Waals surface area (Å²) in [5, 5.41) is 0. The molecule has 0 radical (unpaired) electrons. The molecule has 1 heterocycles. The molecule has 1 fully saturated rings. The van der Waals surface area contributed by atoms with Crippen molar-refractivity contribution < 1.29 is 0 Å². The molecule has 1 aliphatic heterocycles. The molecule has 0 unspecified atom stereocenters. The fraction of sp³-hybridized carbons (Fsp3) is 1.00. The van der Waals surface area contributed by atoms with Crippen molar-refractivity contribution in [1.82, 2.24) is 4.90 Å². The summed E-state index contributed by atoms with van der Waals surface area (Å²) >= 11 is 0. The number of nitrogens with zero attached hydrogens (tertiary/aromatic N) is 1. The lowest BCUT2D eigenvalue weighted by Gasteiger charge is -2.51. The maximum atomic E-state index is 6.25. The third-order valence-electron chi connectivity index (χ3n) is 3.86. The highest BCUT2D eigenvalue weighted by Crippen LogP contribution is 2.27. The van der Waals surface area contributed by atoms with Crippen LogP contribution in [0.2, 0.25) is 0 Å². The van der Waals surface area contributed by atoms with Gasteiger partial charge in [-0.3, -0.25) is 4.90 Å². The van der Waals surface area contributed by atoms with Crippen molar-refractivity contribution in [3.05, 3.63) is 0 Å². The van der Waals surface area contributed by atoms with Crippen LogP contribution in [0.4, 0.5) is 0 Å². The third-order valence-corrected chi connectivity index (χ3v) is 3.86. The van der Waals surface area contributed by atoms with Gasteiger partial charge in [0.05, 0.1) is 0 Å². The molecule has 84 valence electrons. The minimum absolute atomic E-state index is 0.103. The molecule has 0 aliphatic carbocycles. The summed E-state index contributed by atoms with van der Waals surface area (Å²) in [6, 6.07) is 0. The number of rotatable bonds is 5. The minimum Gasteiger partial charge on any atom is -0.323 e. The summed E-state index contributed by atoms with van der Waals surface area (Å²) in [4.78, 5) is 2.51. The first-order chi connectivity index (χ1) is 6.51. The summed E-state index contributed by atoms with van der Waals surface area (Å²) in [6.07, 6.45) is 2.60. The Kier molecular flexibility index (Phi) is 3.96. The van der Waals surface area contributed by atoms with E-state index in [2.05, 4.69) is 32.6 Å². The van der Waals surface area contributed by atoms with Crippen molar-refractivity contribution in [3.8, 4) is 0 Å². The van der Waals surface area contributed by atoms with Gasteiger partial charge in [0.1, 0.15) is 0 Å². The summed E-state index contributed by atoms with van der Waals surface area (Å²) in [5.74, 6) is 1.48. The summed E-state index contributed by atoms with van der Waals surface area (Å²) in [6.45, 7) is 12.5. The molecule has 2 heteroatoms. The Morgan fingerprint density at radius 2 is 1.71 bits per heavy atom. The fourth-order valence-corrected chi connectivity index (χ4v) is 2.19. The van der Waals surface area contributed by atoms with Gasteiger partial charge in [-0.1, -0.05) is 40.5 Å². The molecule has 0 amide bonds. The summed E-state index contributed by atoms with van der Waals surface area (Å²) < 4.78 is 0. The number of hydrogen-bond donors (Lipinski definition) is 1. The molecule has 0 aromatic rings. The van der Waals surface area contributed by atoms with Crippen molar-refractivity contribution in [1.29, 1.82) is 0 Å². The Labute approximate surface area is 88.8 Å². The highest BCUT2D eigenvalue weighted by molar-refractivity contribution is 5.02. The van der Waals surface area contributed by atoms with Gasteiger partial charge in [-0.15, -0.1) is 0 Å². The maximum absolute atomic E-state index is 6.25. The maximum Gasteiger partial charge on any atom is 0.0435 e. The highest BCUT2D eigenvalue weighted by atomic mass is 15.2. The van der Waals surface area contributed by atoms with Gasteiger partial charge in [0, 0.05) is 25.2 Å². The predicted molar refractivity (Wildman–Crippen MR) is 62.3 cm³/mol. The molecule has 0 aromatic heterocycles. The van der Waals surface area contributed by atoms with Crippen LogP contribution in [0.5, 0.6) is 0 Å². The quantitative estimate of drug-likeness (QED) is 0.733. The van der Waals surface area contributed by atoms with Crippen molar-refractivity contribution in [2.75, 3.05) is 19.6 Å². The van der Waals surface area contributed by atoms with Crippen LogP contribution in [-0.2, 0) is 0 Å². The van der Waals surface area contributed by atoms with Gasteiger partial charge in [0.25, 0.3) is 0 Å². The van der Waals surface area contributed by atoms with E-state index in [4.69, 9.17) is 5.73 Å². The molecule has 0 aromatic carbocycles. The van der Waals surface area contributed by atoms with Crippen LogP contribution in [0.25, 0.3) is 0 Å². The topological polar surface area (TPSA) is 29.3 Å². The molecule has 0 bridgehead atoms. The standard InChI is InChI=1S/C12H26N2/c1-5-11(6-2)7-14-8-12(13,9-14)10(3)4/h10-11H,5-9,13H2,1-4H3.